The lowest BCUT2D eigenvalue weighted by Gasteiger charge is -2.33. The number of rotatable bonds is 6. The maximum absolute atomic E-state index is 12.2. The summed E-state index contributed by atoms with van der Waals surface area (Å²) in [6, 6.07) is 9.01. The fourth-order valence-corrected chi connectivity index (χ4v) is 2.89. The lowest BCUT2D eigenvalue weighted by molar-refractivity contribution is -0.146. The van der Waals surface area contributed by atoms with E-state index in [0.717, 1.165) is 31.2 Å². The first-order valence-corrected chi connectivity index (χ1v) is 7.82. The summed E-state index contributed by atoms with van der Waals surface area (Å²) in [6.45, 7) is 2.58. The average Bonchev–Trinajstić information content (AvgIpc) is 2.49. The van der Waals surface area contributed by atoms with Crippen LogP contribution in [0.5, 0.6) is 0 Å². The Hall–Kier alpha value is -1.39. The van der Waals surface area contributed by atoms with Crippen LogP contribution in [0, 0.1) is 0 Å². The zero-order valence-corrected chi connectivity index (χ0v) is 12.7. The Morgan fingerprint density at radius 2 is 1.95 bits per heavy atom. The molecule has 0 radical (unpaired) electrons. The highest BCUT2D eigenvalue weighted by Gasteiger charge is 2.31. The van der Waals surface area contributed by atoms with Gasteiger partial charge in [-0.2, -0.15) is 0 Å². The fraction of sp³-hybridized carbons (Fsp3) is 0.588. The molecule has 0 spiro atoms. The van der Waals surface area contributed by atoms with Crippen molar-refractivity contribution in [1.82, 2.24) is 5.32 Å². The SMILES string of the molecule is CCOC(=O)C(NCC1(O)CCCCC1)c1ccccc1. The Morgan fingerprint density at radius 3 is 2.57 bits per heavy atom. The van der Waals surface area contributed by atoms with Gasteiger partial charge in [-0.1, -0.05) is 49.6 Å². The van der Waals surface area contributed by atoms with E-state index in [9.17, 15) is 9.90 Å². The molecule has 0 amide bonds. The van der Waals surface area contributed by atoms with Crippen LogP contribution in [0.4, 0.5) is 0 Å². The largest absolute Gasteiger partial charge is 0.465 e. The molecule has 0 heterocycles. The van der Waals surface area contributed by atoms with Crippen LogP contribution >= 0.6 is 0 Å². The molecule has 4 nitrogen and oxygen atoms in total. The maximum atomic E-state index is 12.2. The Morgan fingerprint density at radius 1 is 1.29 bits per heavy atom. The van der Waals surface area contributed by atoms with E-state index in [1.54, 1.807) is 6.92 Å². The number of ether oxygens (including phenoxy) is 1. The molecular weight excluding hydrogens is 266 g/mol. The van der Waals surface area contributed by atoms with Crippen LogP contribution in [-0.4, -0.2) is 29.8 Å². The molecule has 1 aliphatic carbocycles. The molecule has 1 atom stereocenters. The Bertz CT molecular complexity index is 441. The van der Waals surface area contributed by atoms with E-state index in [1.165, 1.54) is 6.42 Å². The summed E-state index contributed by atoms with van der Waals surface area (Å²) in [5.41, 5.74) is 0.174. The monoisotopic (exact) mass is 291 g/mol. The van der Waals surface area contributed by atoms with Crippen LogP contribution in [0.3, 0.4) is 0 Å². The van der Waals surface area contributed by atoms with Gasteiger partial charge in [0.05, 0.1) is 12.2 Å². The van der Waals surface area contributed by atoms with E-state index in [2.05, 4.69) is 5.32 Å². The third-order valence-electron chi connectivity index (χ3n) is 4.07. The minimum atomic E-state index is -0.697. The van der Waals surface area contributed by atoms with E-state index in [1.807, 2.05) is 30.3 Å². The number of esters is 1. The standard InChI is InChI=1S/C17H25NO3/c1-2-21-16(19)15(14-9-5-3-6-10-14)18-13-17(20)11-7-4-8-12-17/h3,5-6,9-10,15,18,20H,2,4,7-8,11-13H2,1H3. The van der Waals surface area contributed by atoms with Gasteiger partial charge in [-0.15, -0.1) is 0 Å². The van der Waals surface area contributed by atoms with Crippen molar-refractivity contribution < 1.29 is 14.6 Å². The van der Waals surface area contributed by atoms with E-state index in [-0.39, 0.29) is 5.97 Å². The fourth-order valence-electron chi connectivity index (χ4n) is 2.89. The van der Waals surface area contributed by atoms with Gasteiger partial charge in [0.25, 0.3) is 0 Å². The smallest absolute Gasteiger partial charge is 0.327 e. The molecule has 1 fully saturated rings. The van der Waals surface area contributed by atoms with Crippen molar-refractivity contribution in [3.63, 3.8) is 0 Å². The van der Waals surface area contributed by atoms with Crippen molar-refractivity contribution in [2.24, 2.45) is 0 Å². The van der Waals surface area contributed by atoms with Crippen molar-refractivity contribution in [3.8, 4) is 0 Å². The zero-order valence-electron chi connectivity index (χ0n) is 12.7. The van der Waals surface area contributed by atoms with Crippen molar-refractivity contribution in [1.29, 1.82) is 0 Å². The molecule has 2 rings (SSSR count). The Kier molecular flexibility index (Phi) is 5.76. The molecule has 2 N–H and O–H groups in total. The van der Waals surface area contributed by atoms with Crippen molar-refractivity contribution in [2.75, 3.05) is 13.2 Å². The van der Waals surface area contributed by atoms with Gasteiger partial charge in [0.1, 0.15) is 6.04 Å². The highest BCUT2D eigenvalue weighted by atomic mass is 16.5. The van der Waals surface area contributed by atoms with Crippen LogP contribution in [-0.2, 0) is 9.53 Å². The van der Waals surface area contributed by atoms with Gasteiger partial charge in [0.15, 0.2) is 0 Å². The summed E-state index contributed by atoms with van der Waals surface area (Å²) >= 11 is 0. The lowest BCUT2D eigenvalue weighted by Crippen LogP contribution is -2.45. The predicted molar refractivity (Wildman–Crippen MR) is 81.9 cm³/mol. The van der Waals surface area contributed by atoms with E-state index in [0.29, 0.717) is 13.2 Å². The number of carbonyl (C=O) groups is 1. The zero-order chi connectivity index (χ0) is 15.1. The van der Waals surface area contributed by atoms with Crippen LogP contribution in [0.15, 0.2) is 30.3 Å². The summed E-state index contributed by atoms with van der Waals surface area (Å²) in [4.78, 5) is 12.2. The van der Waals surface area contributed by atoms with Gasteiger partial charge >= 0.3 is 5.97 Å². The first kappa shape index (κ1) is 16.0. The van der Waals surface area contributed by atoms with E-state index in [4.69, 9.17) is 4.74 Å². The van der Waals surface area contributed by atoms with Crippen LogP contribution < -0.4 is 5.32 Å². The van der Waals surface area contributed by atoms with Gasteiger partial charge in [-0.25, -0.2) is 4.79 Å². The summed E-state index contributed by atoms with van der Waals surface area (Å²) < 4.78 is 5.15. The Labute approximate surface area is 126 Å². The van der Waals surface area contributed by atoms with Crippen LogP contribution in [0.2, 0.25) is 0 Å². The van der Waals surface area contributed by atoms with E-state index >= 15 is 0 Å². The second kappa shape index (κ2) is 7.57. The molecule has 0 aliphatic heterocycles. The number of aliphatic hydroxyl groups is 1. The predicted octanol–water partition coefficient (Wildman–Crippen LogP) is 2.58. The summed E-state index contributed by atoms with van der Waals surface area (Å²) in [5, 5.41) is 13.8. The highest BCUT2D eigenvalue weighted by molar-refractivity contribution is 5.77. The van der Waals surface area contributed by atoms with Gasteiger partial charge in [0, 0.05) is 6.54 Å². The molecule has 1 aromatic rings. The van der Waals surface area contributed by atoms with Gasteiger partial charge in [-0.3, -0.25) is 5.32 Å². The van der Waals surface area contributed by atoms with E-state index < -0.39 is 11.6 Å². The minimum Gasteiger partial charge on any atom is -0.465 e. The minimum absolute atomic E-state index is 0.289. The van der Waals surface area contributed by atoms with Gasteiger partial charge in [-0.05, 0) is 25.3 Å². The molecule has 4 heteroatoms. The maximum Gasteiger partial charge on any atom is 0.327 e. The second-order valence-electron chi connectivity index (χ2n) is 5.76. The molecule has 0 saturated heterocycles. The van der Waals surface area contributed by atoms with Crippen molar-refractivity contribution in [3.05, 3.63) is 35.9 Å². The second-order valence-corrected chi connectivity index (χ2v) is 5.76. The average molecular weight is 291 g/mol. The summed E-state index contributed by atoms with van der Waals surface area (Å²) in [6.07, 6.45) is 4.87. The highest BCUT2D eigenvalue weighted by Crippen LogP contribution is 2.28. The van der Waals surface area contributed by atoms with Crippen LogP contribution in [0.1, 0.15) is 50.6 Å². The molecule has 1 saturated carbocycles. The normalized spacial score (nSPS) is 19.0. The number of carbonyl (C=O) groups excluding carboxylic acids is 1. The third kappa shape index (κ3) is 4.55. The molecule has 0 aromatic heterocycles. The molecule has 21 heavy (non-hydrogen) atoms. The van der Waals surface area contributed by atoms with Crippen molar-refractivity contribution >= 4 is 5.97 Å². The topological polar surface area (TPSA) is 58.6 Å². The Balaban J connectivity index is 2.04. The quantitative estimate of drug-likeness (QED) is 0.791. The van der Waals surface area contributed by atoms with Gasteiger partial charge in [0.2, 0.25) is 0 Å². The van der Waals surface area contributed by atoms with Gasteiger partial charge < -0.3 is 9.84 Å². The summed E-state index contributed by atoms with van der Waals surface area (Å²) in [7, 11) is 0. The lowest BCUT2D eigenvalue weighted by atomic mass is 9.84. The molecule has 1 aliphatic rings. The number of nitrogens with one attached hydrogen (secondary N) is 1. The molecular formula is C17H25NO3. The molecule has 116 valence electrons. The summed E-state index contributed by atoms with van der Waals surface area (Å²) in [5.74, 6) is -0.289. The number of hydrogen-bond donors (Lipinski definition) is 2. The number of hydrogen-bond acceptors (Lipinski definition) is 4. The first-order chi connectivity index (χ1) is 10.1. The number of benzene rings is 1. The molecule has 1 aromatic carbocycles. The van der Waals surface area contributed by atoms with Crippen molar-refractivity contribution in [2.45, 2.75) is 50.7 Å². The molecule has 0 bridgehead atoms. The first-order valence-electron chi connectivity index (χ1n) is 7.82. The third-order valence-corrected chi connectivity index (χ3v) is 4.07. The molecule has 1 unspecified atom stereocenters. The van der Waals surface area contributed by atoms with Crippen LogP contribution in [0.25, 0.3) is 0 Å².